The summed E-state index contributed by atoms with van der Waals surface area (Å²) in [6, 6.07) is 10.3. The van der Waals surface area contributed by atoms with Crippen LogP contribution in [0.1, 0.15) is 30.5 Å². The van der Waals surface area contributed by atoms with Gasteiger partial charge in [0.05, 0.1) is 10.5 Å². The number of ether oxygens (including phenoxy) is 1. The highest BCUT2D eigenvalue weighted by Gasteiger charge is 2.41. The van der Waals surface area contributed by atoms with Crippen molar-refractivity contribution in [1.82, 2.24) is 0 Å². The molecule has 2 unspecified atom stereocenters. The van der Waals surface area contributed by atoms with E-state index < -0.39 is 23.3 Å². The molecule has 0 aromatic heterocycles. The van der Waals surface area contributed by atoms with Crippen molar-refractivity contribution in [3.05, 3.63) is 75.9 Å². The fraction of sp³-hybridized carbons (Fsp3) is 0.167. The molecule has 0 radical (unpaired) electrons. The number of nitro groups is 1. The van der Waals surface area contributed by atoms with Crippen molar-refractivity contribution in [2.75, 3.05) is 4.90 Å². The molecule has 0 spiro atoms. The van der Waals surface area contributed by atoms with E-state index >= 15 is 0 Å². The average molecular weight is 356 g/mol. The second-order valence-corrected chi connectivity index (χ2v) is 5.86. The normalized spacial score (nSPS) is 18.3. The molecule has 3 rings (SSSR count). The number of esters is 1. The first kappa shape index (κ1) is 17.6. The zero-order chi connectivity index (χ0) is 19.0. The van der Waals surface area contributed by atoms with Crippen molar-refractivity contribution in [2.45, 2.75) is 19.4 Å². The number of hydrogen-bond acceptors (Lipinski definition) is 7. The van der Waals surface area contributed by atoms with Crippen molar-refractivity contribution in [3.8, 4) is 5.75 Å². The average Bonchev–Trinajstić information content (AvgIpc) is 2.86. The molecule has 2 aromatic carbocycles. The van der Waals surface area contributed by atoms with Gasteiger partial charge in [0.25, 0.3) is 5.69 Å². The van der Waals surface area contributed by atoms with Gasteiger partial charge in [0.2, 0.25) is 0 Å². The Morgan fingerprint density at radius 1 is 1.19 bits per heavy atom. The third-order valence-corrected chi connectivity index (χ3v) is 4.07. The third-order valence-electron chi connectivity index (χ3n) is 4.07. The lowest BCUT2D eigenvalue weighted by molar-refractivity contribution is -0.386. The maximum absolute atomic E-state index is 11.5. The van der Waals surface area contributed by atoms with Crippen LogP contribution < -0.4 is 9.64 Å². The monoisotopic (exact) mass is 356 g/mol. The fourth-order valence-electron chi connectivity index (χ4n) is 2.82. The number of rotatable bonds is 4. The van der Waals surface area contributed by atoms with Gasteiger partial charge in [-0.3, -0.25) is 10.1 Å². The van der Waals surface area contributed by atoms with Gasteiger partial charge in [0.15, 0.2) is 12.5 Å². The maximum Gasteiger partial charge on any atom is 0.338 e. The lowest BCUT2D eigenvalue weighted by Crippen LogP contribution is -2.25. The summed E-state index contributed by atoms with van der Waals surface area (Å²) in [5, 5.41) is 32.2. The predicted molar refractivity (Wildman–Crippen MR) is 92.4 cm³/mol. The molecule has 1 heterocycles. The molecule has 0 saturated heterocycles. The van der Waals surface area contributed by atoms with Gasteiger partial charge in [-0.2, -0.15) is 0 Å². The van der Waals surface area contributed by atoms with Gasteiger partial charge in [0, 0.05) is 22.9 Å². The van der Waals surface area contributed by atoms with Gasteiger partial charge in [0.1, 0.15) is 5.75 Å². The molecule has 0 aliphatic carbocycles. The van der Waals surface area contributed by atoms with Gasteiger partial charge < -0.3 is 19.8 Å². The van der Waals surface area contributed by atoms with E-state index in [4.69, 9.17) is 4.74 Å². The fourth-order valence-corrected chi connectivity index (χ4v) is 2.82. The van der Waals surface area contributed by atoms with Crippen LogP contribution in [0, 0.1) is 10.1 Å². The third kappa shape index (κ3) is 2.92. The maximum atomic E-state index is 11.5. The summed E-state index contributed by atoms with van der Waals surface area (Å²) in [5.41, 5.74) is 0.726. The van der Waals surface area contributed by atoms with Crippen molar-refractivity contribution in [2.24, 2.45) is 0 Å². The second kappa shape index (κ2) is 6.58. The summed E-state index contributed by atoms with van der Waals surface area (Å²) in [6.07, 6.45) is -2.63. The van der Waals surface area contributed by atoms with Gasteiger partial charge in [-0.05, 0) is 31.2 Å². The van der Waals surface area contributed by atoms with E-state index in [1.807, 2.05) is 0 Å². The van der Waals surface area contributed by atoms with Crippen LogP contribution in [-0.4, -0.2) is 21.1 Å². The molecule has 8 heteroatoms. The van der Waals surface area contributed by atoms with Crippen LogP contribution in [0.5, 0.6) is 5.75 Å². The highest BCUT2D eigenvalue weighted by atomic mass is 16.6. The summed E-state index contributed by atoms with van der Waals surface area (Å²) in [6.45, 7) is 5.02. The van der Waals surface area contributed by atoms with Crippen LogP contribution in [0.4, 0.5) is 11.4 Å². The van der Waals surface area contributed by atoms with Gasteiger partial charge in [-0.1, -0.05) is 18.7 Å². The lowest BCUT2D eigenvalue weighted by Gasteiger charge is -2.26. The molecule has 0 bridgehead atoms. The van der Waals surface area contributed by atoms with Gasteiger partial charge in [-0.25, -0.2) is 4.79 Å². The van der Waals surface area contributed by atoms with Crippen molar-refractivity contribution in [3.63, 3.8) is 0 Å². The summed E-state index contributed by atoms with van der Waals surface area (Å²) >= 11 is 0. The smallest absolute Gasteiger partial charge is 0.338 e. The molecule has 2 atom stereocenters. The molecule has 1 aliphatic rings. The molecule has 2 N–H and O–H groups in total. The summed E-state index contributed by atoms with van der Waals surface area (Å²) in [7, 11) is 0. The number of aliphatic hydroxyl groups excluding tert-OH is 2. The van der Waals surface area contributed by atoms with Crippen molar-refractivity contribution in [1.29, 1.82) is 0 Å². The van der Waals surface area contributed by atoms with E-state index in [9.17, 15) is 25.1 Å². The number of benzene rings is 2. The minimum Gasteiger partial charge on any atom is -0.423 e. The quantitative estimate of drug-likeness (QED) is 0.284. The predicted octanol–water partition coefficient (Wildman–Crippen LogP) is 2.58. The molecule has 26 heavy (non-hydrogen) atoms. The Bertz CT molecular complexity index is 893. The summed E-state index contributed by atoms with van der Waals surface area (Å²) < 4.78 is 5.09. The number of hydrogen-bond donors (Lipinski definition) is 2. The molecular formula is C18H16N2O6. The zero-order valence-electron chi connectivity index (χ0n) is 13.8. The van der Waals surface area contributed by atoms with Crippen LogP contribution >= 0.6 is 0 Å². The van der Waals surface area contributed by atoms with Crippen LogP contribution in [0.15, 0.2) is 54.6 Å². The molecule has 1 aliphatic heterocycles. The molecular weight excluding hydrogens is 340 g/mol. The number of aliphatic hydroxyl groups is 2. The SMILES string of the molecule is C=C(C)C(=O)Oc1ccc(N2C(O)c3cccc([N+](=O)[O-])c3C2O)cc1. The Kier molecular flexibility index (Phi) is 4.45. The number of anilines is 1. The Hall–Kier alpha value is -3.23. The van der Waals surface area contributed by atoms with E-state index in [2.05, 4.69) is 6.58 Å². The standard InChI is InChI=1S/C18H16N2O6/c1-10(2)18(23)26-12-8-6-11(7-9-12)19-16(21)13-4-3-5-14(20(24)25)15(13)17(19)22/h3-9,16-17,21-22H,1H2,2H3. The van der Waals surface area contributed by atoms with Crippen LogP contribution in [0.25, 0.3) is 0 Å². The molecule has 0 saturated carbocycles. The van der Waals surface area contributed by atoms with Crippen LogP contribution in [0.3, 0.4) is 0 Å². The number of fused-ring (bicyclic) bond motifs is 1. The highest BCUT2D eigenvalue weighted by Crippen LogP contribution is 2.46. The molecule has 134 valence electrons. The zero-order valence-corrected chi connectivity index (χ0v) is 13.8. The number of carbonyl (C=O) groups is 1. The Morgan fingerprint density at radius 3 is 2.42 bits per heavy atom. The topological polar surface area (TPSA) is 113 Å². The highest BCUT2D eigenvalue weighted by molar-refractivity contribution is 5.88. The first-order valence-corrected chi connectivity index (χ1v) is 7.70. The molecule has 8 nitrogen and oxygen atoms in total. The van der Waals surface area contributed by atoms with E-state index in [-0.39, 0.29) is 28.1 Å². The van der Waals surface area contributed by atoms with E-state index in [1.54, 1.807) is 0 Å². The Morgan fingerprint density at radius 2 is 1.85 bits per heavy atom. The minimum absolute atomic E-state index is 0.0581. The molecule has 0 fully saturated rings. The van der Waals surface area contributed by atoms with E-state index in [1.165, 1.54) is 54.3 Å². The first-order chi connectivity index (χ1) is 12.3. The first-order valence-electron chi connectivity index (χ1n) is 7.70. The van der Waals surface area contributed by atoms with Gasteiger partial charge in [-0.15, -0.1) is 0 Å². The lowest BCUT2D eigenvalue weighted by atomic mass is 10.1. The van der Waals surface area contributed by atoms with Crippen LogP contribution in [0.2, 0.25) is 0 Å². The minimum atomic E-state index is -1.38. The van der Waals surface area contributed by atoms with Gasteiger partial charge >= 0.3 is 5.97 Å². The number of carbonyl (C=O) groups excluding carboxylic acids is 1. The summed E-state index contributed by atoms with van der Waals surface area (Å²) in [4.78, 5) is 23.4. The number of nitro benzene ring substituents is 1. The Balaban J connectivity index is 1.91. The largest absolute Gasteiger partial charge is 0.423 e. The van der Waals surface area contributed by atoms with Crippen LogP contribution in [-0.2, 0) is 4.79 Å². The second-order valence-electron chi connectivity index (χ2n) is 5.86. The molecule has 0 amide bonds. The van der Waals surface area contributed by atoms with E-state index in [0.29, 0.717) is 5.69 Å². The number of nitrogens with zero attached hydrogens (tertiary/aromatic N) is 2. The Labute approximate surface area is 148 Å². The van der Waals surface area contributed by atoms with Crippen molar-refractivity contribution < 1.29 is 24.7 Å². The van der Waals surface area contributed by atoms with Crippen molar-refractivity contribution >= 4 is 17.3 Å². The molecule has 2 aromatic rings. The summed E-state index contributed by atoms with van der Waals surface area (Å²) in [5.74, 6) is -0.296. The van der Waals surface area contributed by atoms with E-state index in [0.717, 1.165) is 0 Å².